The van der Waals surface area contributed by atoms with E-state index >= 15 is 0 Å². The summed E-state index contributed by atoms with van der Waals surface area (Å²) in [6, 6.07) is 0.323. The highest BCUT2D eigenvalue weighted by Gasteiger charge is 2.33. The molecule has 2 aliphatic carbocycles. The van der Waals surface area contributed by atoms with Crippen LogP contribution < -0.4 is 5.32 Å². The molecule has 0 aliphatic heterocycles. The molecule has 20 heavy (non-hydrogen) atoms. The van der Waals surface area contributed by atoms with Gasteiger partial charge in [0.25, 0.3) is 5.91 Å². The Balaban J connectivity index is 1.67. The smallest absolute Gasteiger partial charge is 0.309 e. The Kier molecular flexibility index (Phi) is 4.71. The van der Waals surface area contributed by atoms with E-state index in [-0.39, 0.29) is 24.4 Å². The Morgan fingerprint density at radius 2 is 1.65 bits per heavy atom. The molecule has 0 aromatic rings. The average molecular weight is 281 g/mol. The molecular weight excluding hydrogens is 254 g/mol. The van der Waals surface area contributed by atoms with Crippen molar-refractivity contribution in [1.29, 1.82) is 0 Å². The van der Waals surface area contributed by atoms with Crippen LogP contribution in [0.2, 0.25) is 0 Å². The molecule has 0 unspecified atom stereocenters. The molecule has 0 heterocycles. The fourth-order valence-corrected chi connectivity index (χ4v) is 2.95. The van der Waals surface area contributed by atoms with E-state index in [1.54, 1.807) is 0 Å². The number of carbonyl (C=O) groups excluding carboxylic acids is 2. The maximum atomic E-state index is 12.0. The number of esters is 1. The second-order valence-corrected chi connectivity index (χ2v) is 7.36. The summed E-state index contributed by atoms with van der Waals surface area (Å²) in [4.78, 5) is 23.4. The molecule has 114 valence electrons. The summed E-state index contributed by atoms with van der Waals surface area (Å²) in [6.45, 7) is 6.67. The molecule has 0 aromatic carbocycles. The van der Waals surface area contributed by atoms with E-state index in [0.29, 0.717) is 17.4 Å². The number of hydrogen-bond donors (Lipinski definition) is 1. The Hall–Kier alpha value is -1.06. The second-order valence-electron chi connectivity index (χ2n) is 7.36. The molecule has 2 fully saturated rings. The van der Waals surface area contributed by atoms with Crippen molar-refractivity contribution in [1.82, 2.24) is 5.32 Å². The first-order chi connectivity index (χ1) is 9.36. The Bertz CT molecular complexity index is 360. The highest BCUT2D eigenvalue weighted by atomic mass is 16.5. The zero-order valence-electron chi connectivity index (χ0n) is 12.9. The van der Waals surface area contributed by atoms with Gasteiger partial charge in [0.1, 0.15) is 0 Å². The summed E-state index contributed by atoms with van der Waals surface area (Å²) in [5.74, 6) is 0.319. The molecule has 2 aliphatic rings. The number of nitrogens with one attached hydrogen (secondary N) is 1. The van der Waals surface area contributed by atoms with Crippen molar-refractivity contribution in [2.45, 2.75) is 65.3 Å². The van der Waals surface area contributed by atoms with Crippen LogP contribution in [0.4, 0.5) is 0 Å². The van der Waals surface area contributed by atoms with Gasteiger partial charge in [-0.05, 0) is 49.9 Å². The highest BCUT2D eigenvalue weighted by molar-refractivity contribution is 5.81. The quantitative estimate of drug-likeness (QED) is 0.806. The second kappa shape index (κ2) is 6.15. The van der Waals surface area contributed by atoms with Crippen LogP contribution in [0.1, 0.15) is 59.3 Å². The maximum absolute atomic E-state index is 12.0. The first-order valence-corrected chi connectivity index (χ1v) is 7.82. The first-order valence-electron chi connectivity index (χ1n) is 7.82. The van der Waals surface area contributed by atoms with Crippen molar-refractivity contribution in [3.05, 3.63) is 0 Å². The monoisotopic (exact) mass is 281 g/mol. The van der Waals surface area contributed by atoms with Crippen LogP contribution in [0.3, 0.4) is 0 Å². The Labute approximate surface area is 121 Å². The van der Waals surface area contributed by atoms with Gasteiger partial charge in [-0.15, -0.1) is 0 Å². The third kappa shape index (κ3) is 4.50. The van der Waals surface area contributed by atoms with Gasteiger partial charge >= 0.3 is 5.97 Å². The Morgan fingerprint density at radius 1 is 1.05 bits per heavy atom. The summed E-state index contributed by atoms with van der Waals surface area (Å²) >= 11 is 0. The topological polar surface area (TPSA) is 55.4 Å². The number of hydrogen-bond acceptors (Lipinski definition) is 3. The molecule has 0 saturated heterocycles. The summed E-state index contributed by atoms with van der Waals surface area (Å²) in [7, 11) is 0. The van der Waals surface area contributed by atoms with E-state index in [9.17, 15) is 9.59 Å². The van der Waals surface area contributed by atoms with Crippen LogP contribution in [0.15, 0.2) is 0 Å². The molecule has 4 heteroatoms. The van der Waals surface area contributed by atoms with Crippen molar-refractivity contribution in [2.75, 3.05) is 6.61 Å². The zero-order valence-corrected chi connectivity index (χ0v) is 12.9. The Morgan fingerprint density at radius 3 is 2.15 bits per heavy atom. The molecule has 2 rings (SSSR count). The van der Waals surface area contributed by atoms with Gasteiger partial charge in [0, 0.05) is 6.04 Å². The van der Waals surface area contributed by atoms with E-state index in [1.807, 2.05) is 0 Å². The van der Waals surface area contributed by atoms with Gasteiger partial charge in [-0.2, -0.15) is 0 Å². The molecular formula is C16H27NO3. The fourth-order valence-electron chi connectivity index (χ4n) is 2.95. The first kappa shape index (κ1) is 15.3. The molecule has 1 N–H and O–H groups in total. The molecule has 0 bridgehead atoms. The zero-order chi connectivity index (χ0) is 14.8. The lowest BCUT2D eigenvalue weighted by Crippen LogP contribution is -2.33. The molecule has 0 atom stereocenters. The minimum absolute atomic E-state index is 0.0117. The predicted octanol–water partition coefficient (Wildman–Crippen LogP) is 2.66. The van der Waals surface area contributed by atoms with Crippen molar-refractivity contribution < 1.29 is 14.3 Å². The summed E-state index contributed by atoms with van der Waals surface area (Å²) < 4.78 is 5.14. The van der Waals surface area contributed by atoms with Gasteiger partial charge < -0.3 is 10.1 Å². The normalized spacial score (nSPS) is 26.9. The lowest BCUT2D eigenvalue weighted by Gasteiger charge is -2.36. The number of carbonyl (C=O) groups is 2. The largest absolute Gasteiger partial charge is 0.455 e. The van der Waals surface area contributed by atoms with Crippen LogP contribution in [-0.2, 0) is 14.3 Å². The molecule has 1 amide bonds. The van der Waals surface area contributed by atoms with Crippen molar-refractivity contribution in [3.8, 4) is 0 Å². The van der Waals surface area contributed by atoms with Gasteiger partial charge in [-0.25, -0.2) is 0 Å². The SMILES string of the molecule is CC(C)(C)C1CCC(C(=O)OCC(=O)NC2CC2)CC1. The van der Waals surface area contributed by atoms with Crippen LogP contribution in [-0.4, -0.2) is 24.5 Å². The van der Waals surface area contributed by atoms with E-state index in [2.05, 4.69) is 26.1 Å². The van der Waals surface area contributed by atoms with Crippen molar-refractivity contribution in [3.63, 3.8) is 0 Å². The minimum atomic E-state index is -0.191. The van der Waals surface area contributed by atoms with Crippen LogP contribution in [0.25, 0.3) is 0 Å². The van der Waals surface area contributed by atoms with Gasteiger partial charge in [0.05, 0.1) is 5.92 Å². The maximum Gasteiger partial charge on any atom is 0.309 e. The summed E-state index contributed by atoms with van der Waals surface area (Å²) in [5.41, 5.74) is 0.318. The number of ether oxygens (including phenoxy) is 1. The predicted molar refractivity (Wildman–Crippen MR) is 77.0 cm³/mol. The standard InChI is InChI=1S/C16H27NO3/c1-16(2,3)12-6-4-11(5-7-12)15(19)20-10-14(18)17-13-8-9-13/h11-13H,4-10H2,1-3H3,(H,17,18). The van der Waals surface area contributed by atoms with E-state index < -0.39 is 0 Å². The van der Waals surface area contributed by atoms with Crippen LogP contribution in [0.5, 0.6) is 0 Å². The highest BCUT2D eigenvalue weighted by Crippen LogP contribution is 2.40. The lowest BCUT2D eigenvalue weighted by molar-refractivity contribution is -0.154. The molecule has 0 aromatic heterocycles. The molecule has 4 nitrogen and oxygen atoms in total. The lowest BCUT2D eigenvalue weighted by atomic mass is 9.70. The fraction of sp³-hybridized carbons (Fsp3) is 0.875. The van der Waals surface area contributed by atoms with E-state index in [0.717, 1.165) is 38.5 Å². The molecule has 2 saturated carbocycles. The summed E-state index contributed by atoms with van der Waals surface area (Å²) in [5, 5.41) is 2.82. The van der Waals surface area contributed by atoms with Crippen molar-refractivity contribution >= 4 is 11.9 Å². The molecule has 0 radical (unpaired) electrons. The van der Waals surface area contributed by atoms with Gasteiger partial charge in [0.2, 0.25) is 0 Å². The van der Waals surface area contributed by atoms with Crippen LogP contribution >= 0.6 is 0 Å². The number of amides is 1. The summed E-state index contributed by atoms with van der Waals surface area (Å²) in [6.07, 6.45) is 6.05. The van der Waals surface area contributed by atoms with Crippen LogP contribution in [0, 0.1) is 17.3 Å². The third-order valence-electron chi connectivity index (χ3n) is 4.57. The van der Waals surface area contributed by atoms with E-state index in [4.69, 9.17) is 4.74 Å². The molecule has 0 spiro atoms. The van der Waals surface area contributed by atoms with Gasteiger partial charge in [-0.1, -0.05) is 20.8 Å². The average Bonchev–Trinajstić information content (AvgIpc) is 3.19. The number of rotatable bonds is 4. The van der Waals surface area contributed by atoms with Gasteiger partial charge in [0.15, 0.2) is 6.61 Å². The van der Waals surface area contributed by atoms with E-state index in [1.165, 1.54) is 0 Å². The van der Waals surface area contributed by atoms with Crippen molar-refractivity contribution in [2.24, 2.45) is 17.3 Å². The third-order valence-corrected chi connectivity index (χ3v) is 4.57. The minimum Gasteiger partial charge on any atom is -0.455 e. The van der Waals surface area contributed by atoms with Gasteiger partial charge in [-0.3, -0.25) is 9.59 Å².